The fourth-order valence-electron chi connectivity index (χ4n) is 3.70. The first-order chi connectivity index (χ1) is 13.2. The summed E-state index contributed by atoms with van der Waals surface area (Å²) in [7, 11) is -0.756. The summed E-state index contributed by atoms with van der Waals surface area (Å²) in [5.41, 5.74) is 3.03. The molecule has 0 unspecified atom stereocenters. The molecule has 0 aliphatic carbocycles. The van der Waals surface area contributed by atoms with Gasteiger partial charge in [-0.3, -0.25) is 0 Å². The van der Waals surface area contributed by atoms with E-state index in [4.69, 9.17) is 4.74 Å². The van der Waals surface area contributed by atoms with Gasteiger partial charge < -0.3 is 14.2 Å². The van der Waals surface area contributed by atoms with E-state index in [0.29, 0.717) is 25.3 Å². The minimum absolute atomic E-state index is 0.0365. The van der Waals surface area contributed by atoms with Crippen molar-refractivity contribution in [3.63, 3.8) is 0 Å². The lowest BCUT2D eigenvalue weighted by Gasteiger charge is -2.40. The molecule has 0 spiro atoms. The first-order valence-electron chi connectivity index (χ1n) is 9.25. The molecule has 1 aromatic heterocycles. The second kappa shape index (κ2) is 7.60. The summed E-state index contributed by atoms with van der Waals surface area (Å²) in [4.78, 5) is 14.3. The number of ether oxygens (including phenoxy) is 1. The van der Waals surface area contributed by atoms with Crippen LogP contribution in [0, 0.1) is 13.8 Å². The van der Waals surface area contributed by atoms with Crippen molar-refractivity contribution in [3.05, 3.63) is 47.3 Å². The average Bonchev–Trinajstić information content (AvgIpc) is 2.96. The number of benzene rings is 1. The second-order valence-electron chi connectivity index (χ2n) is 7.27. The van der Waals surface area contributed by atoms with Crippen LogP contribution >= 0.6 is 0 Å². The quantitative estimate of drug-likeness (QED) is 0.730. The summed E-state index contributed by atoms with van der Waals surface area (Å²) in [6.45, 7) is 7.17. The van der Waals surface area contributed by atoms with Crippen LogP contribution < -0.4 is 4.90 Å². The largest absolute Gasteiger partial charge is 0.464 e. The molecule has 28 heavy (non-hydrogen) atoms. The lowest BCUT2D eigenvalue weighted by Crippen LogP contribution is -2.53. The van der Waals surface area contributed by atoms with Crippen LogP contribution in [0.2, 0.25) is 0 Å². The molecule has 0 saturated carbocycles. The van der Waals surface area contributed by atoms with Gasteiger partial charge in [0.05, 0.1) is 7.11 Å². The van der Waals surface area contributed by atoms with Gasteiger partial charge in [0.15, 0.2) is 0 Å². The van der Waals surface area contributed by atoms with Crippen molar-refractivity contribution in [1.29, 1.82) is 0 Å². The summed E-state index contributed by atoms with van der Waals surface area (Å²) in [5, 5.41) is 0. The highest BCUT2D eigenvalue weighted by Gasteiger charge is 2.35. The summed E-state index contributed by atoms with van der Waals surface area (Å²) in [6.07, 6.45) is 0. The number of aromatic nitrogens is 1. The Morgan fingerprint density at radius 2 is 1.89 bits per heavy atom. The van der Waals surface area contributed by atoms with Gasteiger partial charge >= 0.3 is 5.97 Å². The van der Waals surface area contributed by atoms with Crippen LogP contribution in [-0.4, -0.2) is 56.0 Å². The van der Waals surface area contributed by atoms with Gasteiger partial charge in [-0.2, -0.15) is 4.31 Å². The highest BCUT2D eigenvalue weighted by Crippen LogP contribution is 2.28. The van der Waals surface area contributed by atoms with Gasteiger partial charge in [0, 0.05) is 44.1 Å². The number of rotatable bonds is 4. The minimum Gasteiger partial charge on any atom is -0.464 e. The molecular formula is C20H27N3O4S. The smallest absolute Gasteiger partial charge is 0.354 e. The molecule has 0 amide bonds. The maximum Gasteiger partial charge on any atom is 0.354 e. The van der Waals surface area contributed by atoms with Crippen LogP contribution in [0.3, 0.4) is 0 Å². The monoisotopic (exact) mass is 405 g/mol. The second-order valence-corrected chi connectivity index (χ2v) is 9.18. The van der Waals surface area contributed by atoms with Crippen LogP contribution in [0.5, 0.6) is 0 Å². The molecule has 7 nitrogen and oxygen atoms in total. The van der Waals surface area contributed by atoms with E-state index in [2.05, 4.69) is 17.0 Å². The van der Waals surface area contributed by atoms with Crippen LogP contribution in [0.4, 0.5) is 5.69 Å². The molecule has 1 aliphatic rings. The molecule has 0 radical (unpaired) electrons. The van der Waals surface area contributed by atoms with Crippen molar-refractivity contribution in [2.24, 2.45) is 7.05 Å². The molecule has 152 valence electrons. The van der Waals surface area contributed by atoms with E-state index in [1.165, 1.54) is 23.0 Å². The first kappa shape index (κ1) is 20.4. The van der Waals surface area contributed by atoms with Crippen LogP contribution in [0.1, 0.15) is 28.7 Å². The van der Waals surface area contributed by atoms with E-state index in [1.54, 1.807) is 18.5 Å². The predicted molar refractivity (Wildman–Crippen MR) is 108 cm³/mol. The number of piperazine rings is 1. The van der Waals surface area contributed by atoms with Crippen molar-refractivity contribution in [3.8, 4) is 0 Å². The Kier molecular flexibility index (Phi) is 5.54. The molecule has 0 bridgehead atoms. The standard InChI is InChI=1S/C20H27N3O4S/c1-14-7-6-8-17(11-14)23-10-9-22(13-15(23)2)28(25,26)19-12-18(20(24)27-5)21(4)16(19)3/h6-8,11-12,15H,9-10,13H2,1-5H3/t15-/m0/s1. The molecule has 1 atom stereocenters. The molecule has 2 heterocycles. The Hall–Kier alpha value is -2.32. The zero-order chi connectivity index (χ0) is 20.6. The topological polar surface area (TPSA) is 71.8 Å². The zero-order valence-corrected chi connectivity index (χ0v) is 17.8. The molecule has 1 aromatic carbocycles. The Labute approximate surface area is 166 Å². The fourth-order valence-corrected chi connectivity index (χ4v) is 5.49. The number of hydrogen-bond acceptors (Lipinski definition) is 5. The first-order valence-corrected chi connectivity index (χ1v) is 10.7. The fraction of sp³-hybridized carbons (Fsp3) is 0.450. The van der Waals surface area contributed by atoms with E-state index < -0.39 is 16.0 Å². The molecule has 3 rings (SSSR count). The van der Waals surface area contributed by atoms with Crippen molar-refractivity contribution in [2.45, 2.75) is 31.7 Å². The molecular weight excluding hydrogens is 378 g/mol. The molecule has 1 fully saturated rings. The lowest BCUT2D eigenvalue weighted by atomic mass is 10.1. The van der Waals surface area contributed by atoms with Gasteiger partial charge in [-0.15, -0.1) is 0 Å². The van der Waals surface area contributed by atoms with Gasteiger partial charge in [-0.05, 0) is 44.5 Å². The maximum atomic E-state index is 13.3. The SMILES string of the molecule is COC(=O)c1cc(S(=O)(=O)N2CCN(c3cccc(C)c3)[C@@H](C)C2)c(C)n1C. The number of carbonyl (C=O) groups is 1. The van der Waals surface area contributed by atoms with Gasteiger partial charge in [0.2, 0.25) is 10.0 Å². The van der Waals surface area contributed by atoms with Gasteiger partial charge in [0.25, 0.3) is 0 Å². The number of aryl methyl sites for hydroxylation is 1. The van der Waals surface area contributed by atoms with E-state index in [-0.39, 0.29) is 16.6 Å². The Morgan fingerprint density at radius 1 is 1.18 bits per heavy atom. The van der Waals surface area contributed by atoms with E-state index in [1.807, 2.05) is 26.0 Å². The molecule has 1 aliphatic heterocycles. The van der Waals surface area contributed by atoms with Crippen LogP contribution in [0.25, 0.3) is 0 Å². The number of sulfonamides is 1. The third-order valence-corrected chi connectivity index (χ3v) is 7.41. The van der Waals surface area contributed by atoms with Crippen LogP contribution in [-0.2, 0) is 21.8 Å². The minimum atomic E-state index is -3.70. The lowest BCUT2D eigenvalue weighted by molar-refractivity contribution is 0.0589. The number of esters is 1. The van der Waals surface area contributed by atoms with E-state index in [0.717, 1.165) is 5.69 Å². The summed E-state index contributed by atoms with van der Waals surface area (Å²) in [5.74, 6) is -0.551. The number of hydrogen-bond donors (Lipinski definition) is 0. The Balaban J connectivity index is 1.86. The van der Waals surface area contributed by atoms with E-state index >= 15 is 0 Å². The summed E-state index contributed by atoms with van der Waals surface area (Å²) in [6, 6.07) is 9.68. The molecule has 1 saturated heterocycles. The summed E-state index contributed by atoms with van der Waals surface area (Å²) < 4.78 is 34.4. The van der Waals surface area contributed by atoms with Crippen molar-refractivity contribution < 1.29 is 17.9 Å². The zero-order valence-electron chi connectivity index (χ0n) is 17.0. The van der Waals surface area contributed by atoms with Crippen molar-refractivity contribution in [2.75, 3.05) is 31.6 Å². The number of anilines is 1. The average molecular weight is 406 g/mol. The number of carbonyl (C=O) groups excluding carboxylic acids is 1. The third kappa shape index (κ3) is 3.54. The van der Waals surface area contributed by atoms with Gasteiger partial charge in [-0.1, -0.05) is 12.1 Å². The number of methoxy groups -OCH3 is 1. The molecule has 8 heteroatoms. The highest BCUT2D eigenvalue weighted by molar-refractivity contribution is 7.89. The van der Waals surface area contributed by atoms with E-state index in [9.17, 15) is 13.2 Å². The third-order valence-electron chi connectivity index (χ3n) is 5.42. The molecule has 2 aromatic rings. The highest BCUT2D eigenvalue weighted by atomic mass is 32.2. The van der Waals surface area contributed by atoms with Crippen LogP contribution in [0.15, 0.2) is 35.2 Å². The number of nitrogens with zero attached hydrogens (tertiary/aromatic N) is 3. The van der Waals surface area contributed by atoms with Crippen molar-refractivity contribution >= 4 is 21.7 Å². The normalized spacial score (nSPS) is 18.3. The van der Waals surface area contributed by atoms with Crippen molar-refractivity contribution in [1.82, 2.24) is 8.87 Å². The Morgan fingerprint density at radius 3 is 2.50 bits per heavy atom. The predicted octanol–water partition coefficient (Wildman–Crippen LogP) is 2.33. The molecule has 0 N–H and O–H groups in total. The van der Waals surface area contributed by atoms with Gasteiger partial charge in [0.1, 0.15) is 10.6 Å². The van der Waals surface area contributed by atoms with Gasteiger partial charge in [-0.25, -0.2) is 13.2 Å². The maximum absolute atomic E-state index is 13.3. The summed E-state index contributed by atoms with van der Waals surface area (Å²) >= 11 is 0. The Bertz CT molecular complexity index is 997.